The third kappa shape index (κ3) is 14.4. The van der Waals surface area contributed by atoms with Crippen LogP contribution in [-0.4, -0.2) is 23.7 Å². The van der Waals surface area contributed by atoms with Crippen molar-refractivity contribution in [3.8, 4) is 34.8 Å². The smallest absolute Gasteiger partial charge is 0.298 e. The van der Waals surface area contributed by atoms with Gasteiger partial charge in [-0.1, -0.05) is 280 Å². The fourth-order valence-corrected chi connectivity index (χ4v) is 14.0. The molecule has 0 aliphatic heterocycles. The maximum atomic E-state index is 15.0. The van der Waals surface area contributed by atoms with E-state index in [-0.39, 0.29) is 28.2 Å². The lowest BCUT2D eigenvalue weighted by Gasteiger charge is -2.15. The van der Waals surface area contributed by atoms with Crippen LogP contribution >= 0.6 is 0 Å². The number of nitrogens with zero attached hydrogens (tertiary/aromatic N) is 5. The Labute approximate surface area is 521 Å². The molecule has 6 aromatic carbocycles. The Kier molecular flexibility index (Phi) is 22.4. The molecular formula is C78H94N6O4. The number of rotatable bonds is 34. The zero-order chi connectivity index (χ0) is 61.4. The third-order valence-corrected chi connectivity index (χ3v) is 18.9. The summed E-state index contributed by atoms with van der Waals surface area (Å²) in [7, 11) is 0. The monoisotopic (exact) mass is 1180 g/mol. The summed E-state index contributed by atoms with van der Waals surface area (Å²) in [6.07, 6.45) is 39.4. The van der Waals surface area contributed by atoms with E-state index in [1.165, 1.54) is 173 Å². The molecule has 0 spiro atoms. The van der Waals surface area contributed by atoms with Gasteiger partial charge in [-0.2, -0.15) is 0 Å². The van der Waals surface area contributed by atoms with Crippen LogP contribution in [0.3, 0.4) is 0 Å². The van der Waals surface area contributed by atoms with Crippen LogP contribution in [0.2, 0.25) is 0 Å². The molecule has 10 nitrogen and oxygen atoms in total. The van der Waals surface area contributed by atoms with Crippen LogP contribution in [0, 0.1) is 45.6 Å². The number of aromatic nitrogens is 4. The number of nitro groups is 1. The maximum absolute atomic E-state index is 15.0. The molecule has 2 atom stereocenters. The van der Waals surface area contributed by atoms with Crippen LogP contribution in [0.1, 0.15) is 244 Å². The normalized spacial score (nSPS) is 12.6. The number of non-ortho nitro benzene ring substituents is 1. The van der Waals surface area contributed by atoms with E-state index < -0.39 is 4.92 Å². The second kappa shape index (κ2) is 31.1. The average molecular weight is 1180 g/mol. The first-order chi connectivity index (χ1) is 43.1. The molecule has 0 radical (unpaired) electrons. The molecule has 10 aromatic rings. The molecule has 0 fully saturated rings. The van der Waals surface area contributed by atoms with Gasteiger partial charge >= 0.3 is 0 Å². The minimum Gasteiger partial charge on any atom is -0.397 e. The summed E-state index contributed by atoms with van der Waals surface area (Å²) in [4.78, 5) is 52.6. The first-order valence-corrected chi connectivity index (χ1v) is 34.4. The zero-order valence-electron chi connectivity index (χ0n) is 53.3. The Balaban J connectivity index is 0.976. The fourth-order valence-electron chi connectivity index (χ4n) is 14.0. The highest BCUT2D eigenvalue weighted by Gasteiger charge is 2.25. The predicted molar refractivity (Wildman–Crippen MR) is 372 cm³/mol. The second-order valence-electron chi connectivity index (χ2n) is 25.6. The largest absolute Gasteiger partial charge is 0.397 e. The molecule has 460 valence electrons. The molecule has 10 rings (SSSR count). The number of imidazole rings is 2. The van der Waals surface area contributed by atoms with Crippen LogP contribution in [0.4, 0.5) is 11.4 Å². The molecule has 10 heteroatoms. The molecular weight excluding hydrogens is 1080 g/mol. The van der Waals surface area contributed by atoms with Crippen molar-refractivity contribution in [3.05, 3.63) is 127 Å². The summed E-state index contributed by atoms with van der Waals surface area (Å²) < 4.78 is 3.27. The maximum Gasteiger partial charge on any atom is 0.298 e. The van der Waals surface area contributed by atoms with Gasteiger partial charge in [0.15, 0.2) is 5.52 Å². The van der Waals surface area contributed by atoms with E-state index in [0.717, 1.165) is 82.1 Å². The van der Waals surface area contributed by atoms with Crippen molar-refractivity contribution in [2.45, 2.75) is 233 Å². The van der Waals surface area contributed by atoms with E-state index >= 15 is 9.59 Å². The Hall–Kier alpha value is -7.56. The van der Waals surface area contributed by atoms with Crippen molar-refractivity contribution in [1.29, 1.82) is 0 Å². The minimum absolute atomic E-state index is 0.161. The number of nitro benzene ring substituents is 1. The van der Waals surface area contributed by atoms with Crippen molar-refractivity contribution < 1.29 is 4.92 Å². The Morgan fingerprint density at radius 2 is 0.795 bits per heavy atom. The molecule has 4 heterocycles. The average Bonchev–Trinajstić information content (AvgIpc) is 1.42. The van der Waals surface area contributed by atoms with Crippen LogP contribution in [-0.2, 0) is 0 Å². The quantitative estimate of drug-likeness (QED) is 0.0139. The lowest BCUT2D eigenvalue weighted by Crippen LogP contribution is -2.14. The van der Waals surface area contributed by atoms with E-state index in [9.17, 15) is 10.1 Å². The molecule has 4 aromatic heterocycles. The van der Waals surface area contributed by atoms with Crippen LogP contribution < -0.4 is 16.9 Å². The van der Waals surface area contributed by atoms with Gasteiger partial charge in [0.25, 0.3) is 16.8 Å². The van der Waals surface area contributed by atoms with Gasteiger partial charge in [-0.3, -0.25) is 28.5 Å². The van der Waals surface area contributed by atoms with Gasteiger partial charge in [0.2, 0.25) is 0 Å². The number of anilines is 1. The standard InChI is InChI=1S/C78H94N6O4/c1-5-9-13-17-21-23-27-31-37-55(35-29-25-19-15-11-7-3)43-45-57-51-67(79)73-68(52-57)82-75(80-73)63-41-33-39-61-59(47-49-65(71(61)63)77(82)85)60-48-50-66-72-62(60)40-34-42-64(72)76-81-74-69(83(76)78(66)86)53-58(54-70(74)84(87)88)46-44-56(36-30-26-20-16-12-8-4)38-32-28-24-22-18-14-10-6-2/h33-34,39-42,47-56H,5-32,35-38,79H2,1-4H3. The number of nitrogen functional groups attached to an aromatic ring is 1. The number of hydrogen-bond acceptors (Lipinski definition) is 7. The summed E-state index contributed by atoms with van der Waals surface area (Å²) in [5.41, 5.74) is 12.5. The van der Waals surface area contributed by atoms with Gasteiger partial charge in [-0.15, -0.1) is 0 Å². The van der Waals surface area contributed by atoms with E-state index in [2.05, 4.69) is 51.4 Å². The molecule has 2 unspecified atom stereocenters. The predicted octanol–water partition coefficient (Wildman–Crippen LogP) is 21.2. The Morgan fingerprint density at radius 1 is 0.443 bits per heavy atom. The van der Waals surface area contributed by atoms with Crippen LogP contribution in [0.25, 0.3) is 87.6 Å². The molecule has 0 saturated heterocycles. The molecule has 0 aliphatic rings. The van der Waals surface area contributed by atoms with Crippen molar-refractivity contribution in [3.63, 3.8) is 0 Å². The SMILES string of the molecule is CCCCCCCCCCC(C#Cc1cc(N)c2nc3c4cccc5c(-c6ccc7c(=O)n8c9cc(C#CC(CCCCCCCC)CCCCCCCCCC)cc([N+](=O)[O-])c9nc8c8cccc6c78)ccc(c(=O)n3c2c1)c54)CCCCCCCC. The molecule has 2 N–H and O–H groups in total. The first kappa shape index (κ1) is 63.5. The summed E-state index contributed by atoms with van der Waals surface area (Å²) in [5.74, 6) is 14.7. The molecule has 0 saturated carbocycles. The van der Waals surface area contributed by atoms with Crippen molar-refractivity contribution in [2.75, 3.05) is 5.73 Å². The van der Waals surface area contributed by atoms with E-state index in [4.69, 9.17) is 15.7 Å². The van der Waals surface area contributed by atoms with Crippen LogP contribution in [0.15, 0.2) is 94.5 Å². The molecule has 0 amide bonds. The van der Waals surface area contributed by atoms with Gasteiger partial charge in [0, 0.05) is 61.3 Å². The number of fused-ring (bicyclic) bond motifs is 8. The lowest BCUT2D eigenvalue weighted by molar-refractivity contribution is -0.383. The number of hydrogen-bond donors (Lipinski definition) is 1. The number of benzene rings is 6. The zero-order valence-corrected chi connectivity index (χ0v) is 53.3. The number of nitrogens with two attached hydrogens (primary N) is 1. The summed E-state index contributed by atoms with van der Waals surface area (Å²) in [6.45, 7) is 9.03. The van der Waals surface area contributed by atoms with E-state index in [0.29, 0.717) is 61.2 Å². The highest BCUT2D eigenvalue weighted by Crippen LogP contribution is 2.42. The van der Waals surface area contributed by atoms with Gasteiger partial charge in [0.1, 0.15) is 16.8 Å². The van der Waals surface area contributed by atoms with Gasteiger partial charge < -0.3 is 5.73 Å². The molecule has 0 bridgehead atoms. The van der Waals surface area contributed by atoms with Crippen LogP contribution in [0.5, 0.6) is 0 Å². The third-order valence-electron chi connectivity index (χ3n) is 18.9. The summed E-state index contributed by atoms with van der Waals surface area (Å²) in [5, 5.41) is 18.8. The van der Waals surface area contributed by atoms with Gasteiger partial charge in [0.05, 0.1) is 21.6 Å². The Morgan fingerprint density at radius 3 is 1.19 bits per heavy atom. The highest BCUT2D eigenvalue weighted by atomic mass is 16.6. The van der Waals surface area contributed by atoms with Crippen molar-refractivity contribution >= 4 is 87.8 Å². The van der Waals surface area contributed by atoms with Crippen molar-refractivity contribution in [1.82, 2.24) is 18.8 Å². The molecule has 88 heavy (non-hydrogen) atoms. The summed E-state index contributed by atoms with van der Waals surface area (Å²) >= 11 is 0. The second-order valence-corrected chi connectivity index (χ2v) is 25.6. The van der Waals surface area contributed by atoms with E-state index in [1.807, 2.05) is 78.9 Å². The Bertz CT molecular complexity index is 4270. The highest BCUT2D eigenvalue weighted by molar-refractivity contribution is 6.24. The van der Waals surface area contributed by atoms with Gasteiger partial charge in [-0.05, 0) is 77.9 Å². The minimum atomic E-state index is -0.400. The lowest BCUT2D eigenvalue weighted by atomic mass is 9.90. The summed E-state index contributed by atoms with van der Waals surface area (Å²) in [6, 6.07) is 27.0. The first-order valence-electron chi connectivity index (χ1n) is 34.4. The van der Waals surface area contributed by atoms with Crippen molar-refractivity contribution in [2.24, 2.45) is 11.8 Å². The van der Waals surface area contributed by atoms with Gasteiger partial charge in [-0.25, -0.2) is 9.97 Å². The topological polar surface area (TPSA) is 138 Å². The fraction of sp³-hybridized carbons (Fsp3) is 0.487. The number of unbranched alkanes of at least 4 members (excludes halogenated alkanes) is 24. The van der Waals surface area contributed by atoms with E-state index in [1.54, 1.807) is 8.80 Å². The number of pyridine rings is 2. The molecule has 0 aliphatic carbocycles.